The molecule has 0 aliphatic carbocycles. The maximum Gasteiger partial charge on any atom is 0.270 e. The number of methoxy groups -OCH3 is 1. The maximum absolute atomic E-state index is 13.6. The SMILES string of the molecule is COc1cc(CNC(=O)c2cc(-c3nnn(CC4CCCCO4)n3)cc(C)n2)ccc1F. The number of aromatic nitrogens is 5. The Morgan fingerprint density at radius 3 is 2.97 bits per heavy atom. The number of carbonyl (C=O) groups excluding carboxylic acids is 1. The number of tetrazole rings is 1. The van der Waals surface area contributed by atoms with Crippen LogP contribution in [0.25, 0.3) is 11.4 Å². The molecule has 1 fully saturated rings. The number of pyridine rings is 1. The van der Waals surface area contributed by atoms with Gasteiger partial charge in [0.15, 0.2) is 11.6 Å². The summed E-state index contributed by atoms with van der Waals surface area (Å²) in [6, 6.07) is 7.87. The van der Waals surface area contributed by atoms with Crippen molar-refractivity contribution in [2.75, 3.05) is 13.7 Å². The molecule has 1 atom stereocenters. The molecule has 2 aromatic heterocycles. The van der Waals surface area contributed by atoms with E-state index < -0.39 is 5.82 Å². The predicted octanol–water partition coefficient (Wildman–Crippen LogP) is 2.69. The van der Waals surface area contributed by atoms with E-state index in [1.165, 1.54) is 18.0 Å². The Bertz CT molecular complexity index is 1100. The minimum Gasteiger partial charge on any atom is -0.494 e. The second kappa shape index (κ2) is 9.82. The van der Waals surface area contributed by atoms with Crippen LogP contribution in [0.1, 0.15) is 41.0 Å². The molecular formula is C22H25FN6O3. The average molecular weight is 440 g/mol. The monoisotopic (exact) mass is 440 g/mol. The van der Waals surface area contributed by atoms with Gasteiger partial charge in [-0.05, 0) is 61.2 Å². The molecule has 1 saturated heterocycles. The number of hydrogen-bond donors (Lipinski definition) is 1. The van der Waals surface area contributed by atoms with E-state index in [4.69, 9.17) is 9.47 Å². The van der Waals surface area contributed by atoms with Crippen molar-refractivity contribution in [3.63, 3.8) is 0 Å². The van der Waals surface area contributed by atoms with Crippen LogP contribution >= 0.6 is 0 Å². The van der Waals surface area contributed by atoms with E-state index >= 15 is 0 Å². The molecular weight excluding hydrogens is 415 g/mol. The van der Waals surface area contributed by atoms with Gasteiger partial charge in [0.25, 0.3) is 5.91 Å². The van der Waals surface area contributed by atoms with E-state index in [-0.39, 0.29) is 30.0 Å². The Labute approximate surface area is 184 Å². The molecule has 4 rings (SSSR count). The lowest BCUT2D eigenvalue weighted by atomic mass is 10.1. The van der Waals surface area contributed by atoms with Crippen LogP contribution in [0.2, 0.25) is 0 Å². The first-order valence-electron chi connectivity index (χ1n) is 10.5. The van der Waals surface area contributed by atoms with Crippen molar-refractivity contribution in [1.82, 2.24) is 30.5 Å². The lowest BCUT2D eigenvalue weighted by molar-refractivity contribution is 0.00133. The number of aryl methyl sites for hydroxylation is 1. The van der Waals surface area contributed by atoms with Gasteiger partial charge >= 0.3 is 0 Å². The quantitative estimate of drug-likeness (QED) is 0.602. The van der Waals surface area contributed by atoms with Gasteiger partial charge in [0, 0.05) is 24.4 Å². The summed E-state index contributed by atoms with van der Waals surface area (Å²) < 4.78 is 24.3. The first kappa shape index (κ1) is 21.8. The largest absolute Gasteiger partial charge is 0.494 e. The van der Waals surface area contributed by atoms with Crippen LogP contribution < -0.4 is 10.1 Å². The Morgan fingerprint density at radius 2 is 2.19 bits per heavy atom. The fourth-order valence-electron chi connectivity index (χ4n) is 3.57. The third kappa shape index (κ3) is 5.25. The number of rotatable bonds is 7. The second-order valence-corrected chi connectivity index (χ2v) is 7.69. The van der Waals surface area contributed by atoms with Crippen LogP contribution in [0.15, 0.2) is 30.3 Å². The molecule has 3 aromatic rings. The number of hydrogen-bond acceptors (Lipinski definition) is 7. The molecule has 10 heteroatoms. The highest BCUT2D eigenvalue weighted by Gasteiger charge is 2.18. The van der Waals surface area contributed by atoms with Gasteiger partial charge in [-0.2, -0.15) is 4.80 Å². The third-order valence-electron chi connectivity index (χ3n) is 5.21. The molecule has 168 valence electrons. The molecule has 1 amide bonds. The van der Waals surface area contributed by atoms with E-state index in [1.54, 1.807) is 31.2 Å². The van der Waals surface area contributed by atoms with Gasteiger partial charge < -0.3 is 14.8 Å². The van der Waals surface area contributed by atoms with Crippen LogP contribution in [0.3, 0.4) is 0 Å². The topological polar surface area (TPSA) is 104 Å². The molecule has 9 nitrogen and oxygen atoms in total. The molecule has 1 unspecified atom stereocenters. The number of benzene rings is 1. The van der Waals surface area contributed by atoms with Crippen molar-refractivity contribution in [2.24, 2.45) is 0 Å². The van der Waals surface area contributed by atoms with Gasteiger partial charge in [-0.1, -0.05) is 6.07 Å². The summed E-state index contributed by atoms with van der Waals surface area (Å²) in [5.41, 5.74) is 2.25. The van der Waals surface area contributed by atoms with Crippen LogP contribution in [0.5, 0.6) is 5.75 Å². The summed E-state index contributed by atoms with van der Waals surface area (Å²) in [7, 11) is 1.39. The summed E-state index contributed by atoms with van der Waals surface area (Å²) in [6.45, 7) is 3.31. The normalized spacial score (nSPS) is 16.0. The van der Waals surface area contributed by atoms with Gasteiger partial charge in [-0.15, -0.1) is 10.2 Å². The molecule has 0 radical (unpaired) electrons. The van der Waals surface area contributed by atoms with Gasteiger partial charge in [0.05, 0.1) is 19.8 Å². The van der Waals surface area contributed by atoms with Crippen molar-refractivity contribution >= 4 is 5.91 Å². The van der Waals surface area contributed by atoms with Crippen molar-refractivity contribution in [3.8, 4) is 17.1 Å². The number of nitrogens with zero attached hydrogens (tertiary/aromatic N) is 5. The predicted molar refractivity (Wildman–Crippen MR) is 113 cm³/mol. The lowest BCUT2D eigenvalue weighted by Gasteiger charge is -2.21. The van der Waals surface area contributed by atoms with Crippen LogP contribution in [-0.2, 0) is 17.8 Å². The Hall–Kier alpha value is -3.40. The van der Waals surface area contributed by atoms with E-state index in [9.17, 15) is 9.18 Å². The van der Waals surface area contributed by atoms with Crippen molar-refractivity contribution in [3.05, 3.63) is 53.1 Å². The van der Waals surface area contributed by atoms with Crippen molar-refractivity contribution < 1.29 is 18.7 Å². The van der Waals surface area contributed by atoms with Crippen LogP contribution in [0.4, 0.5) is 4.39 Å². The standard InChI is InChI=1S/C22H25FN6O3/c1-14-9-16(21-26-28-29(27-21)13-17-5-3-4-8-32-17)11-19(25-14)22(30)24-12-15-6-7-18(23)20(10-15)31-2/h6-7,9-11,17H,3-5,8,12-13H2,1-2H3,(H,24,30). The molecule has 32 heavy (non-hydrogen) atoms. The zero-order valence-corrected chi connectivity index (χ0v) is 18.0. The first-order valence-corrected chi connectivity index (χ1v) is 10.5. The third-order valence-corrected chi connectivity index (χ3v) is 5.21. The highest BCUT2D eigenvalue weighted by Crippen LogP contribution is 2.19. The van der Waals surface area contributed by atoms with E-state index in [1.807, 2.05) is 0 Å². The Kier molecular flexibility index (Phi) is 6.69. The van der Waals surface area contributed by atoms with Gasteiger partial charge in [0.2, 0.25) is 5.82 Å². The lowest BCUT2D eigenvalue weighted by Crippen LogP contribution is -2.25. The minimum atomic E-state index is -0.455. The fraction of sp³-hybridized carbons (Fsp3) is 0.409. The molecule has 1 aliphatic rings. The summed E-state index contributed by atoms with van der Waals surface area (Å²) >= 11 is 0. The summed E-state index contributed by atoms with van der Waals surface area (Å²) in [6.07, 6.45) is 3.30. The first-order chi connectivity index (χ1) is 15.5. The second-order valence-electron chi connectivity index (χ2n) is 7.69. The molecule has 0 saturated carbocycles. The molecule has 3 heterocycles. The zero-order chi connectivity index (χ0) is 22.5. The van der Waals surface area contributed by atoms with E-state index in [0.29, 0.717) is 29.2 Å². The zero-order valence-electron chi connectivity index (χ0n) is 18.0. The number of carbonyl (C=O) groups is 1. The minimum absolute atomic E-state index is 0.0939. The maximum atomic E-state index is 13.6. The number of ether oxygens (including phenoxy) is 2. The van der Waals surface area contributed by atoms with Crippen LogP contribution in [-0.4, -0.2) is 50.9 Å². The highest BCUT2D eigenvalue weighted by molar-refractivity contribution is 5.93. The highest BCUT2D eigenvalue weighted by atomic mass is 19.1. The molecule has 0 bridgehead atoms. The number of nitrogens with one attached hydrogen (secondary N) is 1. The summed E-state index contributed by atoms with van der Waals surface area (Å²) in [5, 5.41) is 15.5. The van der Waals surface area contributed by atoms with Gasteiger partial charge in [-0.3, -0.25) is 4.79 Å². The van der Waals surface area contributed by atoms with E-state index in [0.717, 1.165) is 25.9 Å². The number of halogens is 1. The fourth-order valence-corrected chi connectivity index (χ4v) is 3.57. The van der Waals surface area contributed by atoms with Crippen LogP contribution in [0, 0.1) is 12.7 Å². The van der Waals surface area contributed by atoms with Crippen molar-refractivity contribution in [1.29, 1.82) is 0 Å². The van der Waals surface area contributed by atoms with Gasteiger partial charge in [0.1, 0.15) is 5.69 Å². The van der Waals surface area contributed by atoms with Gasteiger partial charge in [-0.25, -0.2) is 9.37 Å². The Balaban J connectivity index is 1.44. The molecule has 0 spiro atoms. The average Bonchev–Trinajstić information content (AvgIpc) is 3.27. The molecule has 1 N–H and O–H groups in total. The van der Waals surface area contributed by atoms with E-state index in [2.05, 4.69) is 25.7 Å². The number of amides is 1. The molecule has 1 aromatic carbocycles. The summed E-state index contributed by atoms with van der Waals surface area (Å²) in [5.74, 6) is -0.270. The summed E-state index contributed by atoms with van der Waals surface area (Å²) in [4.78, 5) is 18.5. The Morgan fingerprint density at radius 1 is 1.31 bits per heavy atom. The smallest absolute Gasteiger partial charge is 0.270 e. The van der Waals surface area contributed by atoms with Crippen molar-refractivity contribution in [2.45, 2.75) is 45.4 Å². The molecule has 1 aliphatic heterocycles.